The highest BCUT2D eigenvalue weighted by molar-refractivity contribution is 8.00. The largest absolute Gasteiger partial charge is 0.384 e. The van der Waals surface area contributed by atoms with Crippen LogP contribution in [0.5, 0.6) is 0 Å². The van der Waals surface area contributed by atoms with Crippen LogP contribution < -0.4 is 0 Å². The van der Waals surface area contributed by atoms with Crippen molar-refractivity contribution in [2.24, 2.45) is 0 Å². The van der Waals surface area contributed by atoms with Crippen molar-refractivity contribution < 1.29 is 9.50 Å². The molecule has 1 heterocycles. The second kappa shape index (κ2) is 3.80. The first-order valence-electron chi connectivity index (χ1n) is 5.11. The Morgan fingerprint density at radius 3 is 2.73 bits per heavy atom. The van der Waals surface area contributed by atoms with Gasteiger partial charge in [-0.15, -0.1) is 0 Å². The summed E-state index contributed by atoms with van der Waals surface area (Å²) in [4.78, 5) is 0. The van der Waals surface area contributed by atoms with Crippen LogP contribution in [0, 0.1) is 12.7 Å². The van der Waals surface area contributed by atoms with E-state index in [1.54, 1.807) is 11.8 Å². The molecule has 3 heteroatoms. The molecule has 0 saturated carbocycles. The van der Waals surface area contributed by atoms with Gasteiger partial charge >= 0.3 is 0 Å². The van der Waals surface area contributed by atoms with Crippen molar-refractivity contribution in [3.05, 3.63) is 35.1 Å². The molecule has 1 fully saturated rings. The number of aliphatic hydroxyl groups is 1. The second-order valence-corrected chi connectivity index (χ2v) is 5.80. The fraction of sp³-hybridized carbons (Fsp3) is 0.500. The van der Waals surface area contributed by atoms with E-state index in [4.69, 9.17) is 0 Å². The first-order valence-corrected chi connectivity index (χ1v) is 6.16. The number of hydrogen-bond donors (Lipinski definition) is 1. The van der Waals surface area contributed by atoms with Gasteiger partial charge in [0.25, 0.3) is 0 Å². The maximum absolute atomic E-state index is 13.2. The molecule has 1 aliphatic heterocycles. The molecular weight excluding hydrogens is 211 g/mol. The average molecular weight is 226 g/mol. The zero-order valence-corrected chi connectivity index (χ0v) is 9.77. The van der Waals surface area contributed by atoms with Gasteiger partial charge in [0.2, 0.25) is 0 Å². The van der Waals surface area contributed by atoms with Crippen LogP contribution in [-0.4, -0.2) is 16.1 Å². The van der Waals surface area contributed by atoms with Crippen LogP contribution in [0.25, 0.3) is 0 Å². The molecule has 0 aromatic heterocycles. The molecule has 1 aromatic rings. The van der Waals surface area contributed by atoms with Gasteiger partial charge in [-0.3, -0.25) is 0 Å². The van der Waals surface area contributed by atoms with Gasteiger partial charge in [0.05, 0.1) is 5.60 Å². The van der Waals surface area contributed by atoms with E-state index in [0.29, 0.717) is 17.4 Å². The smallest absolute Gasteiger partial charge is 0.123 e. The molecule has 2 rings (SSSR count). The van der Waals surface area contributed by atoms with Crippen LogP contribution in [-0.2, 0) is 5.60 Å². The van der Waals surface area contributed by atoms with Crippen molar-refractivity contribution in [1.82, 2.24) is 0 Å². The Hall–Kier alpha value is -0.540. The number of rotatable bonds is 1. The Morgan fingerprint density at radius 2 is 2.20 bits per heavy atom. The lowest BCUT2D eigenvalue weighted by molar-refractivity contribution is 0.0608. The second-order valence-electron chi connectivity index (χ2n) is 4.37. The molecule has 1 aromatic carbocycles. The third-order valence-corrected chi connectivity index (χ3v) is 4.19. The minimum absolute atomic E-state index is 0.261. The number of aryl methyl sites for hydroxylation is 1. The lowest BCUT2D eigenvalue weighted by atomic mass is 9.90. The predicted molar refractivity (Wildman–Crippen MR) is 61.6 cm³/mol. The third-order valence-electron chi connectivity index (χ3n) is 2.81. The van der Waals surface area contributed by atoms with Gasteiger partial charge in [0.1, 0.15) is 5.82 Å². The standard InChI is InChI=1S/C12H15FOS/c1-8-3-10(5-11(13)4-8)12(14)6-9(2)15-7-12/h3-5,9,14H,6-7H2,1-2H3. The highest BCUT2D eigenvalue weighted by atomic mass is 32.2. The van der Waals surface area contributed by atoms with Crippen molar-refractivity contribution in [3.8, 4) is 0 Å². The summed E-state index contributed by atoms with van der Waals surface area (Å²) in [6.07, 6.45) is 0.709. The topological polar surface area (TPSA) is 20.2 Å². The van der Waals surface area contributed by atoms with Crippen molar-refractivity contribution in [2.45, 2.75) is 31.1 Å². The maximum atomic E-state index is 13.2. The summed E-state index contributed by atoms with van der Waals surface area (Å²) in [6, 6.07) is 4.81. The maximum Gasteiger partial charge on any atom is 0.123 e. The fourth-order valence-corrected chi connectivity index (χ4v) is 3.32. The van der Waals surface area contributed by atoms with E-state index in [-0.39, 0.29) is 5.82 Å². The van der Waals surface area contributed by atoms with Gasteiger partial charge in [-0.2, -0.15) is 11.8 Å². The van der Waals surface area contributed by atoms with Gasteiger partial charge in [0, 0.05) is 11.0 Å². The van der Waals surface area contributed by atoms with Crippen LogP contribution in [0.2, 0.25) is 0 Å². The Bertz CT molecular complexity index is 360. The van der Waals surface area contributed by atoms with Crippen molar-refractivity contribution in [3.63, 3.8) is 0 Å². The summed E-state index contributed by atoms with van der Waals surface area (Å²) in [5, 5.41) is 10.8. The number of benzene rings is 1. The molecular formula is C12H15FOS. The Kier molecular flexibility index (Phi) is 2.77. The number of halogens is 1. The van der Waals surface area contributed by atoms with Crippen LogP contribution >= 0.6 is 11.8 Å². The highest BCUT2D eigenvalue weighted by Crippen LogP contribution is 2.41. The quantitative estimate of drug-likeness (QED) is 0.794. The molecule has 1 nitrogen and oxygen atoms in total. The van der Waals surface area contributed by atoms with E-state index < -0.39 is 5.60 Å². The van der Waals surface area contributed by atoms with Gasteiger partial charge < -0.3 is 5.11 Å². The molecule has 0 aliphatic carbocycles. The van der Waals surface area contributed by atoms with E-state index in [1.165, 1.54) is 12.1 Å². The Labute approximate surface area is 93.7 Å². The van der Waals surface area contributed by atoms with Gasteiger partial charge in [0.15, 0.2) is 0 Å². The minimum atomic E-state index is -0.836. The average Bonchev–Trinajstić information content (AvgIpc) is 2.46. The zero-order chi connectivity index (χ0) is 11.1. The Balaban J connectivity index is 2.36. The van der Waals surface area contributed by atoms with E-state index in [0.717, 1.165) is 11.1 Å². The van der Waals surface area contributed by atoms with Crippen LogP contribution in [0.4, 0.5) is 4.39 Å². The van der Waals surface area contributed by atoms with E-state index >= 15 is 0 Å². The molecule has 0 amide bonds. The highest BCUT2D eigenvalue weighted by Gasteiger charge is 2.37. The van der Waals surface area contributed by atoms with Gasteiger partial charge in [-0.05, 0) is 36.6 Å². The van der Waals surface area contributed by atoms with Crippen molar-refractivity contribution in [2.75, 3.05) is 5.75 Å². The summed E-state index contributed by atoms with van der Waals surface area (Å²) in [6.45, 7) is 3.94. The summed E-state index contributed by atoms with van der Waals surface area (Å²) in [5.41, 5.74) is 0.747. The Morgan fingerprint density at radius 1 is 1.47 bits per heavy atom. The zero-order valence-electron chi connectivity index (χ0n) is 8.96. The first kappa shape index (κ1) is 11.0. The fourth-order valence-electron chi connectivity index (χ4n) is 2.08. The monoisotopic (exact) mass is 226 g/mol. The van der Waals surface area contributed by atoms with E-state index in [1.807, 2.05) is 13.0 Å². The number of hydrogen-bond acceptors (Lipinski definition) is 2. The molecule has 1 saturated heterocycles. The normalized spacial score (nSPS) is 30.8. The summed E-state index contributed by atoms with van der Waals surface area (Å²) < 4.78 is 13.2. The number of thioether (sulfide) groups is 1. The van der Waals surface area contributed by atoms with Gasteiger partial charge in [-0.1, -0.05) is 13.0 Å². The van der Waals surface area contributed by atoms with Crippen molar-refractivity contribution >= 4 is 11.8 Å². The molecule has 1 N–H and O–H groups in total. The molecule has 82 valence electrons. The first-order chi connectivity index (χ1) is 6.99. The lowest BCUT2D eigenvalue weighted by Crippen LogP contribution is -2.25. The van der Waals surface area contributed by atoms with Gasteiger partial charge in [-0.25, -0.2) is 4.39 Å². The molecule has 15 heavy (non-hydrogen) atoms. The van der Waals surface area contributed by atoms with Crippen LogP contribution in [0.1, 0.15) is 24.5 Å². The SMILES string of the molecule is Cc1cc(F)cc(C2(O)CSC(C)C2)c1. The van der Waals surface area contributed by atoms with Crippen LogP contribution in [0.15, 0.2) is 18.2 Å². The molecule has 1 aliphatic rings. The summed E-state index contributed by atoms with van der Waals surface area (Å²) in [7, 11) is 0. The summed E-state index contributed by atoms with van der Waals surface area (Å²) >= 11 is 1.74. The molecule has 2 unspecified atom stereocenters. The van der Waals surface area contributed by atoms with Crippen molar-refractivity contribution in [1.29, 1.82) is 0 Å². The molecule has 2 atom stereocenters. The summed E-state index contributed by atoms with van der Waals surface area (Å²) in [5.74, 6) is 0.403. The van der Waals surface area contributed by atoms with Crippen LogP contribution in [0.3, 0.4) is 0 Å². The predicted octanol–water partition coefficient (Wildman–Crippen LogP) is 2.85. The molecule has 0 radical (unpaired) electrons. The molecule has 0 spiro atoms. The lowest BCUT2D eigenvalue weighted by Gasteiger charge is -2.22. The third kappa shape index (κ3) is 2.18. The minimum Gasteiger partial charge on any atom is -0.384 e. The van der Waals surface area contributed by atoms with E-state index in [2.05, 4.69) is 6.92 Å². The van der Waals surface area contributed by atoms with E-state index in [9.17, 15) is 9.50 Å². The molecule has 0 bridgehead atoms.